The lowest BCUT2D eigenvalue weighted by molar-refractivity contribution is -0.142. The van der Waals surface area contributed by atoms with Gasteiger partial charge in [0.25, 0.3) is 0 Å². The fraction of sp³-hybridized carbons (Fsp3) is 0.353. The molecule has 1 amide bonds. The molecule has 0 radical (unpaired) electrons. The summed E-state index contributed by atoms with van der Waals surface area (Å²) in [5, 5.41) is 2.36. The van der Waals surface area contributed by atoms with E-state index in [1.165, 1.54) is 20.3 Å². The third kappa shape index (κ3) is 4.84. The summed E-state index contributed by atoms with van der Waals surface area (Å²) in [6, 6.07) is 9.15. The minimum absolute atomic E-state index is 0.0491. The van der Waals surface area contributed by atoms with Gasteiger partial charge in [-0.15, -0.1) is 0 Å². The van der Waals surface area contributed by atoms with E-state index in [4.69, 9.17) is 4.74 Å². The van der Waals surface area contributed by atoms with Gasteiger partial charge in [-0.1, -0.05) is 30.3 Å². The van der Waals surface area contributed by atoms with Crippen molar-refractivity contribution in [3.8, 4) is 0 Å². The molecular weight excluding hydrogens is 314 g/mol. The van der Waals surface area contributed by atoms with Gasteiger partial charge >= 0.3 is 18.0 Å². The van der Waals surface area contributed by atoms with Crippen molar-refractivity contribution in [3.63, 3.8) is 0 Å². The van der Waals surface area contributed by atoms with E-state index in [9.17, 15) is 14.4 Å². The molecule has 0 heterocycles. The fourth-order valence-corrected chi connectivity index (χ4v) is 2.18. The molecule has 1 aromatic carbocycles. The smallest absolute Gasteiger partial charge is 0.412 e. The van der Waals surface area contributed by atoms with E-state index in [0.717, 1.165) is 5.56 Å². The largest absolute Gasteiger partial charge is 0.469 e. The van der Waals surface area contributed by atoms with Gasteiger partial charge in [0, 0.05) is 0 Å². The van der Waals surface area contributed by atoms with E-state index >= 15 is 0 Å². The van der Waals surface area contributed by atoms with Crippen LogP contribution in [0.1, 0.15) is 12.0 Å². The molecule has 2 rings (SSSR count). The van der Waals surface area contributed by atoms with Gasteiger partial charge in [-0.25, -0.2) is 9.59 Å². The monoisotopic (exact) mass is 333 g/mol. The lowest BCUT2D eigenvalue weighted by Gasteiger charge is -2.09. The molecule has 1 aliphatic rings. The van der Waals surface area contributed by atoms with Gasteiger partial charge < -0.3 is 14.2 Å². The zero-order valence-corrected chi connectivity index (χ0v) is 13.5. The number of nitrogens with one attached hydrogen (secondary N) is 1. The lowest BCUT2D eigenvalue weighted by atomic mass is 10.2. The van der Waals surface area contributed by atoms with Crippen LogP contribution < -0.4 is 5.32 Å². The summed E-state index contributed by atoms with van der Waals surface area (Å²) in [5.74, 6) is -1.51. The highest BCUT2D eigenvalue weighted by Crippen LogP contribution is 2.41. The van der Waals surface area contributed by atoms with Crippen LogP contribution in [-0.2, 0) is 30.4 Å². The van der Waals surface area contributed by atoms with Crippen molar-refractivity contribution < 1.29 is 28.6 Å². The predicted molar refractivity (Wildman–Crippen MR) is 83.5 cm³/mol. The summed E-state index contributed by atoms with van der Waals surface area (Å²) in [6.07, 6.45) is 1.29. The van der Waals surface area contributed by atoms with E-state index in [2.05, 4.69) is 14.8 Å². The number of esters is 2. The number of rotatable bonds is 6. The second-order valence-electron chi connectivity index (χ2n) is 5.29. The zero-order valence-electron chi connectivity index (χ0n) is 13.5. The average Bonchev–Trinajstić information content (AvgIpc) is 3.38. The summed E-state index contributed by atoms with van der Waals surface area (Å²) in [5.41, 5.74) is 0.774. The SMILES string of the molecule is COC(=O)/C(=C\[C@@H]1C[C@@H]1C(=O)OC)NC(=O)OCc1ccccc1. The zero-order chi connectivity index (χ0) is 17.5. The Labute approximate surface area is 139 Å². The molecule has 2 atom stereocenters. The van der Waals surface area contributed by atoms with Gasteiger partial charge in [0.15, 0.2) is 0 Å². The molecular formula is C17H19NO6. The number of ether oxygens (including phenoxy) is 3. The average molecular weight is 333 g/mol. The quantitative estimate of drug-likeness (QED) is 0.485. The Hall–Kier alpha value is -2.83. The van der Waals surface area contributed by atoms with Crippen LogP contribution in [0, 0.1) is 11.8 Å². The Kier molecular flexibility index (Phi) is 5.95. The standard InChI is InChI=1S/C17H19NO6/c1-22-15(19)13-8-12(13)9-14(16(20)23-2)18-17(21)24-10-11-6-4-3-5-7-11/h3-7,9,12-13H,8,10H2,1-2H3,(H,18,21)/b14-9+/t12-,13-/m0/s1. The van der Waals surface area contributed by atoms with Crippen molar-refractivity contribution >= 4 is 18.0 Å². The molecule has 0 aromatic heterocycles. The Morgan fingerprint density at radius 3 is 2.50 bits per heavy atom. The highest BCUT2D eigenvalue weighted by atomic mass is 16.6. The predicted octanol–water partition coefficient (Wildman–Crippen LogP) is 1.78. The van der Waals surface area contributed by atoms with Gasteiger partial charge in [-0.3, -0.25) is 10.1 Å². The number of methoxy groups -OCH3 is 2. The molecule has 0 unspecified atom stereocenters. The summed E-state index contributed by atoms with van der Waals surface area (Å²) in [4.78, 5) is 35.0. The fourth-order valence-electron chi connectivity index (χ4n) is 2.18. The second-order valence-corrected chi connectivity index (χ2v) is 5.29. The normalized spacial score (nSPS) is 19.2. The van der Waals surface area contributed by atoms with Crippen LogP contribution >= 0.6 is 0 Å². The highest BCUT2D eigenvalue weighted by Gasteiger charge is 2.43. The van der Waals surface area contributed by atoms with Crippen molar-refractivity contribution in [2.24, 2.45) is 11.8 Å². The molecule has 1 aromatic rings. The molecule has 0 spiro atoms. The minimum Gasteiger partial charge on any atom is -0.469 e. The third-order valence-electron chi connectivity index (χ3n) is 3.58. The summed E-state index contributed by atoms with van der Waals surface area (Å²) >= 11 is 0. The first-order valence-corrected chi connectivity index (χ1v) is 7.40. The molecule has 0 saturated heterocycles. The van der Waals surface area contributed by atoms with Gasteiger partial charge in [-0.2, -0.15) is 0 Å². The molecule has 1 aliphatic carbocycles. The lowest BCUT2D eigenvalue weighted by Crippen LogP contribution is -2.29. The molecule has 7 heteroatoms. The minimum atomic E-state index is -0.772. The number of hydrogen-bond donors (Lipinski definition) is 1. The van der Waals surface area contributed by atoms with Crippen LogP contribution in [0.25, 0.3) is 0 Å². The number of benzene rings is 1. The van der Waals surface area contributed by atoms with Crippen molar-refractivity contribution in [2.75, 3.05) is 14.2 Å². The van der Waals surface area contributed by atoms with Crippen molar-refractivity contribution in [3.05, 3.63) is 47.7 Å². The Bertz CT molecular complexity index is 640. The molecule has 7 nitrogen and oxygen atoms in total. The van der Waals surface area contributed by atoms with E-state index in [1.54, 1.807) is 0 Å². The molecule has 128 valence electrons. The number of hydrogen-bond acceptors (Lipinski definition) is 6. The van der Waals surface area contributed by atoms with Gasteiger partial charge in [-0.05, 0) is 24.0 Å². The van der Waals surface area contributed by atoms with E-state index in [1.807, 2.05) is 30.3 Å². The maximum absolute atomic E-state index is 11.8. The van der Waals surface area contributed by atoms with Crippen molar-refractivity contribution in [1.29, 1.82) is 0 Å². The van der Waals surface area contributed by atoms with Gasteiger partial charge in [0.1, 0.15) is 12.3 Å². The van der Waals surface area contributed by atoms with E-state index < -0.39 is 12.1 Å². The van der Waals surface area contributed by atoms with Gasteiger partial charge in [0.2, 0.25) is 0 Å². The summed E-state index contributed by atoms with van der Waals surface area (Å²) < 4.78 is 14.3. The molecule has 24 heavy (non-hydrogen) atoms. The molecule has 1 fully saturated rings. The van der Waals surface area contributed by atoms with Crippen LogP contribution in [0.2, 0.25) is 0 Å². The van der Waals surface area contributed by atoms with Crippen molar-refractivity contribution in [2.45, 2.75) is 13.0 Å². The molecule has 0 aliphatic heterocycles. The number of alkyl carbamates (subject to hydrolysis) is 1. The van der Waals surface area contributed by atoms with Crippen LogP contribution in [0.3, 0.4) is 0 Å². The molecule has 1 N–H and O–H groups in total. The Morgan fingerprint density at radius 2 is 1.88 bits per heavy atom. The Morgan fingerprint density at radius 1 is 1.17 bits per heavy atom. The third-order valence-corrected chi connectivity index (χ3v) is 3.58. The highest BCUT2D eigenvalue weighted by molar-refractivity contribution is 5.92. The second kappa shape index (κ2) is 8.14. The Balaban J connectivity index is 1.93. The number of amides is 1. The van der Waals surface area contributed by atoms with Crippen LogP contribution in [-0.4, -0.2) is 32.3 Å². The topological polar surface area (TPSA) is 90.9 Å². The maximum Gasteiger partial charge on any atom is 0.412 e. The first-order valence-electron chi connectivity index (χ1n) is 7.40. The summed E-state index contributed by atoms with van der Waals surface area (Å²) in [6.45, 7) is 0.0787. The molecule has 0 bridgehead atoms. The first-order chi connectivity index (χ1) is 11.5. The first kappa shape index (κ1) is 17.5. The number of carbonyl (C=O) groups excluding carboxylic acids is 3. The van der Waals surface area contributed by atoms with Gasteiger partial charge in [0.05, 0.1) is 20.1 Å². The van der Waals surface area contributed by atoms with E-state index in [0.29, 0.717) is 6.42 Å². The van der Waals surface area contributed by atoms with Crippen molar-refractivity contribution in [1.82, 2.24) is 5.32 Å². The number of allylic oxidation sites excluding steroid dienone is 1. The maximum atomic E-state index is 11.8. The van der Waals surface area contributed by atoms with Crippen LogP contribution in [0.15, 0.2) is 42.1 Å². The molecule has 1 saturated carbocycles. The number of carbonyl (C=O) groups is 3. The van der Waals surface area contributed by atoms with Crippen LogP contribution in [0.4, 0.5) is 4.79 Å². The van der Waals surface area contributed by atoms with Crippen LogP contribution in [0.5, 0.6) is 0 Å². The van der Waals surface area contributed by atoms with E-state index in [-0.39, 0.29) is 30.1 Å². The summed E-state index contributed by atoms with van der Waals surface area (Å²) in [7, 11) is 2.51.